The second-order valence-corrected chi connectivity index (χ2v) is 7.97. The molecule has 1 aliphatic heterocycles. The summed E-state index contributed by atoms with van der Waals surface area (Å²) in [5.74, 6) is 0.858. The predicted molar refractivity (Wildman–Crippen MR) is 93.0 cm³/mol. The third kappa shape index (κ3) is 2.82. The fourth-order valence-corrected chi connectivity index (χ4v) is 3.41. The van der Waals surface area contributed by atoms with Crippen molar-refractivity contribution in [3.63, 3.8) is 0 Å². The molecule has 0 atom stereocenters. The summed E-state index contributed by atoms with van der Waals surface area (Å²) in [6, 6.07) is 7.73. The molecule has 1 amide bonds. The number of fused-ring (bicyclic) bond motifs is 1. The maximum absolute atomic E-state index is 13.1. The summed E-state index contributed by atoms with van der Waals surface area (Å²) >= 11 is 0. The van der Waals surface area contributed by atoms with E-state index in [9.17, 15) is 4.79 Å². The van der Waals surface area contributed by atoms with E-state index in [0.717, 1.165) is 36.0 Å². The van der Waals surface area contributed by atoms with Gasteiger partial charge in [-0.2, -0.15) is 0 Å². The first-order chi connectivity index (χ1) is 10.7. The molecule has 1 aromatic carbocycles. The summed E-state index contributed by atoms with van der Waals surface area (Å²) < 4.78 is 5.40. The SMILES string of the molecule is COc1cccc2[nH]c(C(=O)N3CC(C)(C)CCC3(C)C)cc12. The standard InChI is InChI=1S/C19H26N2O2/c1-18(2)9-10-19(3,4)21(12-18)17(22)15-11-13-14(20-15)7-6-8-16(13)23-5/h6-8,11,20H,9-10,12H2,1-5H3. The number of methoxy groups -OCH3 is 1. The van der Waals surface area contributed by atoms with Crippen molar-refractivity contribution >= 4 is 16.8 Å². The molecule has 2 aromatic rings. The van der Waals surface area contributed by atoms with Gasteiger partial charge in [0, 0.05) is 23.0 Å². The lowest BCUT2D eigenvalue weighted by molar-refractivity contribution is 0.0121. The summed E-state index contributed by atoms with van der Waals surface area (Å²) in [7, 11) is 1.65. The number of H-pyrrole nitrogens is 1. The first-order valence-corrected chi connectivity index (χ1v) is 8.21. The second-order valence-electron chi connectivity index (χ2n) is 7.97. The predicted octanol–water partition coefficient (Wildman–Crippen LogP) is 4.22. The Labute approximate surface area is 137 Å². The first-order valence-electron chi connectivity index (χ1n) is 8.21. The molecule has 23 heavy (non-hydrogen) atoms. The van der Waals surface area contributed by atoms with Crippen molar-refractivity contribution in [3.05, 3.63) is 30.0 Å². The number of benzene rings is 1. The van der Waals surface area contributed by atoms with Crippen molar-refractivity contribution in [1.82, 2.24) is 9.88 Å². The van der Waals surface area contributed by atoms with Gasteiger partial charge in [-0.15, -0.1) is 0 Å². The number of rotatable bonds is 2. The largest absolute Gasteiger partial charge is 0.496 e. The molecule has 0 bridgehead atoms. The number of hydrogen-bond donors (Lipinski definition) is 1. The monoisotopic (exact) mass is 314 g/mol. The van der Waals surface area contributed by atoms with E-state index in [1.165, 1.54) is 0 Å². The maximum atomic E-state index is 13.1. The highest BCUT2D eigenvalue weighted by atomic mass is 16.5. The number of aromatic amines is 1. The van der Waals surface area contributed by atoms with Crippen LogP contribution in [0.4, 0.5) is 0 Å². The summed E-state index contributed by atoms with van der Waals surface area (Å²) in [6.07, 6.45) is 2.17. The lowest BCUT2D eigenvalue weighted by atomic mass is 9.76. The van der Waals surface area contributed by atoms with Gasteiger partial charge in [-0.25, -0.2) is 0 Å². The van der Waals surface area contributed by atoms with Gasteiger partial charge in [-0.05, 0) is 50.3 Å². The number of carbonyl (C=O) groups excluding carboxylic acids is 1. The van der Waals surface area contributed by atoms with Gasteiger partial charge in [0.05, 0.1) is 7.11 Å². The summed E-state index contributed by atoms with van der Waals surface area (Å²) in [5, 5.41) is 0.951. The quantitative estimate of drug-likeness (QED) is 0.902. The van der Waals surface area contributed by atoms with Crippen molar-refractivity contribution in [2.75, 3.05) is 13.7 Å². The van der Waals surface area contributed by atoms with Gasteiger partial charge in [0.1, 0.15) is 11.4 Å². The highest BCUT2D eigenvalue weighted by Crippen LogP contribution is 2.38. The molecule has 4 nitrogen and oxygen atoms in total. The van der Waals surface area contributed by atoms with E-state index in [1.54, 1.807) is 7.11 Å². The lowest BCUT2D eigenvalue weighted by Crippen LogP contribution is -2.55. The van der Waals surface area contributed by atoms with Gasteiger partial charge in [-0.1, -0.05) is 19.9 Å². The Hall–Kier alpha value is -1.97. The highest BCUT2D eigenvalue weighted by Gasteiger charge is 2.41. The molecule has 3 rings (SSSR count). The molecule has 0 spiro atoms. The van der Waals surface area contributed by atoms with E-state index in [0.29, 0.717) is 5.69 Å². The molecule has 2 heterocycles. The van der Waals surface area contributed by atoms with Gasteiger partial charge >= 0.3 is 0 Å². The average molecular weight is 314 g/mol. The van der Waals surface area contributed by atoms with Crippen LogP contribution in [-0.4, -0.2) is 35.0 Å². The maximum Gasteiger partial charge on any atom is 0.270 e. The topological polar surface area (TPSA) is 45.3 Å². The van der Waals surface area contributed by atoms with Crippen molar-refractivity contribution in [3.8, 4) is 5.75 Å². The molecule has 1 saturated heterocycles. The molecule has 0 aliphatic carbocycles. The smallest absolute Gasteiger partial charge is 0.270 e. The molecular formula is C19H26N2O2. The highest BCUT2D eigenvalue weighted by molar-refractivity contribution is 6.00. The van der Waals surface area contributed by atoms with Gasteiger partial charge < -0.3 is 14.6 Å². The Morgan fingerprint density at radius 3 is 2.65 bits per heavy atom. The Morgan fingerprint density at radius 2 is 1.96 bits per heavy atom. The number of piperidine rings is 1. The van der Waals surface area contributed by atoms with E-state index in [-0.39, 0.29) is 16.9 Å². The minimum Gasteiger partial charge on any atom is -0.496 e. The molecule has 1 aliphatic rings. The van der Waals surface area contributed by atoms with Gasteiger partial charge in [0.15, 0.2) is 0 Å². The zero-order valence-electron chi connectivity index (χ0n) is 14.7. The van der Waals surface area contributed by atoms with E-state index in [4.69, 9.17) is 4.74 Å². The lowest BCUT2D eigenvalue weighted by Gasteiger charge is -2.48. The fourth-order valence-electron chi connectivity index (χ4n) is 3.41. The normalized spacial score (nSPS) is 19.8. The summed E-state index contributed by atoms with van der Waals surface area (Å²) in [4.78, 5) is 18.4. The van der Waals surface area contributed by atoms with Crippen LogP contribution in [0.5, 0.6) is 5.75 Å². The van der Waals surface area contributed by atoms with E-state index < -0.39 is 0 Å². The molecule has 124 valence electrons. The third-order valence-corrected chi connectivity index (χ3v) is 5.05. The molecule has 0 unspecified atom stereocenters. The van der Waals surface area contributed by atoms with Gasteiger partial charge in [0.25, 0.3) is 5.91 Å². The van der Waals surface area contributed by atoms with Crippen molar-refractivity contribution in [1.29, 1.82) is 0 Å². The van der Waals surface area contributed by atoms with Crippen molar-refractivity contribution in [2.45, 2.75) is 46.1 Å². The molecule has 0 radical (unpaired) electrons. The molecule has 4 heteroatoms. The minimum absolute atomic E-state index is 0.0704. The molecule has 1 N–H and O–H groups in total. The van der Waals surface area contributed by atoms with Crippen molar-refractivity contribution < 1.29 is 9.53 Å². The Morgan fingerprint density at radius 1 is 1.22 bits per heavy atom. The minimum atomic E-state index is -0.117. The number of ether oxygens (including phenoxy) is 1. The summed E-state index contributed by atoms with van der Waals surface area (Å²) in [5.41, 5.74) is 1.61. The zero-order valence-corrected chi connectivity index (χ0v) is 14.7. The number of nitrogens with one attached hydrogen (secondary N) is 1. The van der Waals surface area contributed by atoms with Crippen LogP contribution in [-0.2, 0) is 0 Å². The van der Waals surface area contributed by atoms with Crippen LogP contribution in [0.25, 0.3) is 10.9 Å². The summed E-state index contributed by atoms with van der Waals surface area (Å²) in [6.45, 7) is 9.56. The van der Waals surface area contributed by atoms with Crippen LogP contribution >= 0.6 is 0 Å². The van der Waals surface area contributed by atoms with Crippen LogP contribution < -0.4 is 4.74 Å². The van der Waals surface area contributed by atoms with Gasteiger partial charge in [-0.3, -0.25) is 4.79 Å². The van der Waals surface area contributed by atoms with E-state index in [2.05, 4.69) is 32.7 Å². The number of carbonyl (C=O) groups is 1. The van der Waals surface area contributed by atoms with Crippen LogP contribution in [0.1, 0.15) is 51.0 Å². The fraction of sp³-hybridized carbons (Fsp3) is 0.526. The Bertz CT molecular complexity index is 743. The number of likely N-dealkylation sites (tertiary alicyclic amines) is 1. The number of nitrogens with zero attached hydrogens (tertiary/aromatic N) is 1. The van der Waals surface area contributed by atoms with Gasteiger partial charge in [0.2, 0.25) is 0 Å². The number of amides is 1. The molecule has 1 aromatic heterocycles. The van der Waals surface area contributed by atoms with Crippen molar-refractivity contribution in [2.24, 2.45) is 5.41 Å². The zero-order chi connectivity index (χ0) is 16.8. The van der Waals surface area contributed by atoms with E-state index in [1.807, 2.05) is 29.2 Å². The van der Waals surface area contributed by atoms with Crippen LogP contribution in [0.15, 0.2) is 24.3 Å². The Kier molecular flexibility index (Phi) is 3.66. The van der Waals surface area contributed by atoms with Crippen LogP contribution in [0, 0.1) is 5.41 Å². The molecular weight excluding hydrogens is 288 g/mol. The molecule has 0 saturated carbocycles. The average Bonchev–Trinajstić information content (AvgIpc) is 2.93. The van der Waals surface area contributed by atoms with Crippen LogP contribution in [0.2, 0.25) is 0 Å². The second kappa shape index (κ2) is 5.29. The third-order valence-electron chi connectivity index (χ3n) is 5.05. The molecule has 1 fully saturated rings. The first kappa shape index (κ1) is 15.9. The number of aromatic nitrogens is 1. The van der Waals surface area contributed by atoms with E-state index >= 15 is 0 Å². The number of hydrogen-bond acceptors (Lipinski definition) is 2. The van der Waals surface area contributed by atoms with Crippen LogP contribution in [0.3, 0.4) is 0 Å². The Balaban J connectivity index is 1.99.